The summed E-state index contributed by atoms with van der Waals surface area (Å²) < 4.78 is 0. The summed E-state index contributed by atoms with van der Waals surface area (Å²) in [5.74, 6) is -1.65. The van der Waals surface area contributed by atoms with E-state index in [2.05, 4.69) is 0 Å². The van der Waals surface area contributed by atoms with Crippen LogP contribution in [0.1, 0.15) is 6.42 Å². The van der Waals surface area contributed by atoms with Crippen LogP contribution in [0.5, 0.6) is 0 Å². The second-order valence-electron chi connectivity index (χ2n) is 2.82. The number of imide groups is 2. The van der Waals surface area contributed by atoms with Crippen molar-refractivity contribution in [3.63, 3.8) is 0 Å². The molecule has 0 aromatic rings. The van der Waals surface area contributed by atoms with Crippen molar-refractivity contribution >= 4 is 23.6 Å². The van der Waals surface area contributed by atoms with Gasteiger partial charge in [-0.25, -0.2) is 0 Å². The van der Waals surface area contributed by atoms with Gasteiger partial charge in [0.1, 0.15) is 6.10 Å². The van der Waals surface area contributed by atoms with E-state index in [4.69, 9.17) is 5.11 Å². The molecule has 80 valence electrons. The van der Waals surface area contributed by atoms with Crippen molar-refractivity contribution in [3.8, 4) is 0 Å². The molecule has 1 atom stereocenters. The van der Waals surface area contributed by atoms with Crippen LogP contribution in [0.15, 0.2) is 12.2 Å². The quantitative estimate of drug-likeness (QED) is 0.387. The highest BCUT2D eigenvalue weighted by Gasteiger charge is 2.27. The molecule has 2 rings (SSSR count). The normalized spacial score (nSPS) is 23.4. The number of hydrogen-bond acceptors (Lipinski definition) is 5. The molecule has 2 aliphatic rings. The average Bonchev–Trinajstić information content (AvgIpc) is 2.61. The second kappa shape index (κ2) is 4.47. The number of hydrogen-bond donors (Lipinski definition) is 3. The van der Waals surface area contributed by atoms with Gasteiger partial charge >= 0.3 is 0 Å². The van der Waals surface area contributed by atoms with Crippen LogP contribution in [-0.2, 0) is 19.2 Å². The zero-order valence-electron chi connectivity index (χ0n) is 7.52. The summed E-state index contributed by atoms with van der Waals surface area (Å²) >= 11 is 0. The number of carbonyl (C=O) groups excluding carboxylic acids is 4. The first-order valence-corrected chi connectivity index (χ1v) is 4.04. The van der Waals surface area contributed by atoms with Gasteiger partial charge in [0.2, 0.25) is 5.91 Å². The Labute approximate surface area is 84.1 Å². The molecule has 2 aliphatic heterocycles. The van der Waals surface area contributed by atoms with Gasteiger partial charge in [0.25, 0.3) is 17.7 Å². The summed E-state index contributed by atoms with van der Waals surface area (Å²) in [6.07, 6.45) is 1.20. The fourth-order valence-corrected chi connectivity index (χ4v) is 0.896. The lowest BCUT2D eigenvalue weighted by Crippen LogP contribution is -2.24. The molecule has 0 aromatic heterocycles. The van der Waals surface area contributed by atoms with E-state index in [0.717, 1.165) is 0 Å². The molecule has 7 nitrogen and oxygen atoms in total. The summed E-state index contributed by atoms with van der Waals surface area (Å²) in [5.41, 5.74) is 0. The lowest BCUT2D eigenvalue weighted by atomic mass is 10.3. The highest BCUT2D eigenvalue weighted by atomic mass is 16.3. The molecule has 15 heavy (non-hydrogen) atoms. The highest BCUT2D eigenvalue weighted by Crippen LogP contribution is 1.98. The lowest BCUT2D eigenvalue weighted by Gasteiger charge is -1.88. The second-order valence-corrected chi connectivity index (χ2v) is 2.82. The Balaban J connectivity index is 0.000000151. The monoisotopic (exact) mass is 212 g/mol. The Morgan fingerprint density at radius 3 is 1.73 bits per heavy atom. The molecule has 1 unspecified atom stereocenters. The molecule has 1 fully saturated rings. The zero-order chi connectivity index (χ0) is 11.4. The van der Waals surface area contributed by atoms with Gasteiger partial charge in [-0.1, -0.05) is 0 Å². The van der Waals surface area contributed by atoms with Crippen LogP contribution in [0.2, 0.25) is 0 Å². The molecule has 0 saturated carbocycles. The Kier molecular flexibility index (Phi) is 3.29. The predicted octanol–water partition coefficient (Wildman–Crippen LogP) is -2.41. The number of aliphatic hydroxyl groups excluding tert-OH is 1. The molecule has 1 saturated heterocycles. The number of rotatable bonds is 0. The fraction of sp³-hybridized carbons (Fsp3) is 0.250. The molecular weight excluding hydrogens is 204 g/mol. The Bertz CT molecular complexity index is 344. The van der Waals surface area contributed by atoms with E-state index in [1.54, 1.807) is 0 Å². The van der Waals surface area contributed by atoms with Crippen molar-refractivity contribution in [2.45, 2.75) is 12.5 Å². The van der Waals surface area contributed by atoms with E-state index in [1.165, 1.54) is 12.2 Å². The maximum Gasteiger partial charge on any atom is 0.255 e. The third kappa shape index (κ3) is 3.31. The maximum absolute atomic E-state index is 10.2. The van der Waals surface area contributed by atoms with E-state index in [9.17, 15) is 19.2 Å². The van der Waals surface area contributed by atoms with Crippen molar-refractivity contribution in [1.82, 2.24) is 10.6 Å². The molecular formula is C8H8N2O5. The smallest absolute Gasteiger partial charge is 0.255 e. The standard InChI is InChI=1S/C4H5NO3.C4H3NO2/c6-2-1-3(7)5-4(2)8;6-3-1-2-4(7)5-3/h2,6H,1H2,(H,5,7,8);1-2H,(H,5,6,7). The average molecular weight is 212 g/mol. The van der Waals surface area contributed by atoms with Gasteiger partial charge in [0.15, 0.2) is 0 Å². The number of carbonyl (C=O) groups is 4. The molecule has 0 aromatic carbocycles. The van der Waals surface area contributed by atoms with Crippen molar-refractivity contribution in [2.24, 2.45) is 0 Å². The number of nitrogens with one attached hydrogen (secondary N) is 2. The molecule has 0 spiro atoms. The minimum atomic E-state index is -1.11. The van der Waals surface area contributed by atoms with Crippen LogP contribution < -0.4 is 10.6 Å². The van der Waals surface area contributed by atoms with Crippen LogP contribution in [0.25, 0.3) is 0 Å². The molecule has 2 heterocycles. The zero-order valence-corrected chi connectivity index (χ0v) is 7.52. The van der Waals surface area contributed by atoms with Crippen LogP contribution in [0.3, 0.4) is 0 Å². The van der Waals surface area contributed by atoms with Crippen LogP contribution >= 0.6 is 0 Å². The Morgan fingerprint density at radius 1 is 1.07 bits per heavy atom. The minimum Gasteiger partial charge on any atom is -0.383 e. The first-order chi connectivity index (χ1) is 6.99. The largest absolute Gasteiger partial charge is 0.383 e. The van der Waals surface area contributed by atoms with E-state index < -0.39 is 17.9 Å². The van der Waals surface area contributed by atoms with Crippen LogP contribution in [-0.4, -0.2) is 34.8 Å². The summed E-state index contributed by atoms with van der Waals surface area (Å²) in [5, 5.41) is 12.5. The van der Waals surface area contributed by atoms with Gasteiger partial charge < -0.3 is 5.11 Å². The summed E-state index contributed by atoms with van der Waals surface area (Å²) in [6, 6.07) is 0. The van der Waals surface area contributed by atoms with Gasteiger partial charge in [-0.3, -0.25) is 29.8 Å². The van der Waals surface area contributed by atoms with E-state index in [-0.39, 0.29) is 18.2 Å². The number of aliphatic hydroxyl groups is 1. The topological polar surface area (TPSA) is 113 Å². The number of amides is 4. The van der Waals surface area contributed by atoms with E-state index in [0.29, 0.717) is 0 Å². The van der Waals surface area contributed by atoms with Crippen LogP contribution in [0.4, 0.5) is 0 Å². The lowest BCUT2D eigenvalue weighted by molar-refractivity contribution is -0.128. The Hall–Kier alpha value is -2.02. The molecule has 0 aliphatic carbocycles. The van der Waals surface area contributed by atoms with Gasteiger partial charge in [-0.15, -0.1) is 0 Å². The molecule has 4 amide bonds. The summed E-state index contributed by atoms with van der Waals surface area (Å²) in [7, 11) is 0. The summed E-state index contributed by atoms with van der Waals surface area (Å²) in [4.78, 5) is 40.4. The third-order valence-electron chi connectivity index (χ3n) is 1.58. The minimum absolute atomic E-state index is 0.0845. The predicted molar refractivity (Wildman–Crippen MR) is 46.1 cm³/mol. The maximum atomic E-state index is 10.2. The fourth-order valence-electron chi connectivity index (χ4n) is 0.896. The summed E-state index contributed by atoms with van der Waals surface area (Å²) in [6.45, 7) is 0. The molecule has 3 N–H and O–H groups in total. The van der Waals surface area contributed by atoms with E-state index >= 15 is 0 Å². The van der Waals surface area contributed by atoms with Crippen molar-refractivity contribution < 1.29 is 24.3 Å². The molecule has 7 heteroatoms. The van der Waals surface area contributed by atoms with Crippen molar-refractivity contribution in [1.29, 1.82) is 0 Å². The first-order valence-electron chi connectivity index (χ1n) is 4.04. The van der Waals surface area contributed by atoms with Gasteiger partial charge in [-0.05, 0) is 0 Å². The third-order valence-corrected chi connectivity index (χ3v) is 1.58. The molecule has 0 bridgehead atoms. The SMILES string of the molecule is O=C1C=CC(=O)N1.O=C1CC(O)C(=O)N1. The van der Waals surface area contributed by atoms with Gasteiger partial charge in [0.05, 0.1) is 6.42 Å². The Morgan fingerprint density at radius 2 is 1.60 bits per heavy atom. The van der Waals surface area contributed by atoms with Gasteiger partial charge in [-0.2, -0.15) is 0 Å². The highest BCUT2D eigenvalue weighted by molar-refractivity contribution is 6.12. The first kappa shape index (κ1) is 11.1. The van der Waals surface area contributed by atoms with Gasteiger partial charge in [0, 0.05) is 12.2 Å². The van der Waals surface area contributed by atoms with Crippen molar-refractivity contribution in [3.05, 3.63) is 12.2 Å². The van der Waals surface area contributed by atoms with E-state index in [1.807, 2.05) is 10.6 Å². The molecule has 0 radical (unpaired) electrons. The van der Waals surface area contributed by atoms with Crippen molar-refractivity contribution in [2.75, 3.05) is 0 Å². The van der Waals surface area contributed by atoms with Crippen LogP contribution in [0, 0.1) is 0 Å².